The molecule has 5 nitrogen and oxygen atoms in total. The van der Waals surface area contributed by atoms with Crippen LogP contribution in [0.2, 0.25) is 0 Å². The average molecular weight is 401 g/mol. The molecular formula is C23H19N3O2S. The van der Waals surface area contributed by atoms with Crippen LogP contribution in [0.5, 0.6) is 0 Å². The van der Waals surface area contributed by atoms with Gasteiger partial charge in [-0.1, -0.05) is 35.9 Å². The Hall–Kier alpha value is -3.38. The van der Waals surface area contributed by atoms with E-state index in [2.05, 4.69) is 0 Å². The van der Waals surface area contributed by atoms with Crippen molar-refractivity contribution in [2.24, 2.45) is 7.05 Å². The molecule has 0 radical (unpaired) electrons. The van der Waals surface area contributed by atoms with Gasteiger partial charge < -0.3 is 10.3 Å². The standard InChI is InChI=1S/C23H19N3O2S/c1-14-7-9-15(10-8-14)29(27,28)16-11-12-20-18(13-16)22-23(26(20)2)21(24)17-5-3-4-6-19(17)25-22/h3-13H,1-2H3,(H2,24,25). The fourth-order valence-corrected chi connectivity index (χ4v) is 5.18. The number of fused-ring (bicyclic) bond motifs is 4. The summed E-state index contributed by atoms with van der Waals surface area (Å²) >= 11 is 0. The smallest absolute Gasteiger partial charge is 0.206 e. The summed E-state index contributed by atoms with van der Waals surface area (Å²) in [4.78, 5) is 5.32. The van der Waals surface area contributed by atoms with Crippen molar-refractivity contribution in [2.75, 3.05) is 5.73 Å². The summed E-state index contributed by atoms with van der Waals surface area (Å²) in [7, 11) is -1.71. The van der Waals surface area contributed by atoms with E-state index >= 15 is 0 Å². The lowest BCUT2D eigenvalue weighted by Gasteiger charge is -2.06. The average Bonchev–Trinajstić information content (AvgIpc) is 3.00. The molecule has 0 aliphatic rings. The molecule has 6 heteroatoms. The van der Waals surface area contributed by atoms with Crippen LogP contribution >= 0.6 is 0 Å². The largest absolute Gasteiger partial charge is 0.396 e. The van der Waals surface area contributed by atoms with E-state index in [1.165, 1.54) is 0 Å². The third kappa shape index (κ3) is 2.53. The van der Waals surface area contributed by atoms with Crippen LogP contribution in [0.1, 0.15) is 5.56 Å². The molecule has 2 N–H and O–H groups in total. The second-order valence-electron chi connectivity index (χ2n) is 7.29. The zero-order valence-electron chi connectivity index (χ0n) is 16.0. The van der Waals surface area contributed by atoms with Gasteiger partial charge in [-0.05, 0) is 43.3 Å². The maximum atomic E-state index is 13.2. The highest BCUT2D eigenvalue weighted by molar-refractivity contribution is 7.91. The zero-order chi connectivity index (χ0) is 20.3. The van der Waals surface area contributed by atoms with E-state index in [0.29, 0.717) is 11.2 Å². The summed E-state index contributed by atoms with van der Waals surface area (Å²) in [6, 6.07) is 19.8. The second kappa shape index (κ2) is 6.06. The van der Waals surface area contributed by atoms with Crippen LogP contribution in [-0.2, 0) is 16.9 Å². The van der Waals surface area contributed by atoms with Gasteiger partial charge in [-0.15, -0.1) is 0 Å². The number of benzene rings is 3. The normalized spacial score (nSPS) is 12.2. The lowest BCUT2D eigenvalue weighted by atomic mass is 10.1. The highest BCUT2D eigenvalue weighted by Gasteiger charge is 2.21. The molecule has 5 aromatic rings. The number of aryl methyl sites for hydroxylation is 2. The molecule has 0 amide bonds. The Morgan fingerprint density at radius 3 is 2.34 bits per heavy atom. The monoisotopic (exact) mass is 401 g/mol. The van der Waals surface area contributed by atoms with Crippen LogP contribution in [-0.4, -0.2) is 18.0 Å². The van der Waals surface area contributed by atoms with E-state index in [4.69, 9.17) is 10.7 Å². The van der Waals surface area contributed by atoms with Crippen molar-refractivity contribution < 1.29 is 8.42 Å². The second-order valence-corrected chi connectivity index (χ2v) is 9.24. The number of para-hydroxylation sites is 1. The van der Waals surface area contributed by atoms with Crippen molar-refractivity contribution in [3.05, 3.63) is 72.3 Å². The Morgan fingerprint density at radius 1 is 0.897 bits per heavy atom. The van der Waals surface area contributed by atoms with Crippen LogP contribution in [0.4, 0.5) is 5.69 Å². The molecule has 0 bridgehead atoms. The Morgan fingerprint density at radius 2 is 1.59 bits per heavy atom. The van der Waals surface area contributed by atoms with Crippen molar-refractivity contribution >= 4 is 48.4 Å². The van der Waals surface area contributed by atoms with E-state index in [0.717, 1.165) is 32.9 Å². The van der Waals surface area contributed by atoms with Gasteiger partial charge in [0.05, 0.1) is 37.5 Å². The third-order valence-electron chi connectivity index (χ3n) is 5.47. The molecule has 0 aliphatic carbocycles. The molecule has 3 aromatic carbocycles. The van der Waals surface area contributed by atoms with E-state index in [9.17, 15) is 8.42 Å². The minimum Gasteiger partial charge on any atom is -0.396 e. The number of sulfone groups is 1. The first-order valence-electron chi connectivity index (χ1n) is 9.26. The summed E-state index contributed by atoms with van der Waals surface area (Å²) in [5, 5.41) is 1.66. The van der Waals surface area contributed by atoms with Gasteiger partial charge in [0.15, 0.2) is 0 Å². The highest BCUT2D eigenvalue weighted by Crippen LogP contribution is 2.36. The fraction of sp³-hybridized carbons (Fsp3) is 0.0870. The molecule has 0 fully saturated rings. The summed E-state index contributed by atoms with van der Waals surface area (Å²) in [6.07, 6.45) is 0. The molecule has 0 spiro atoms. The number of hydrogen-bond acceptors (Lipinski definition) is 4. The Labute approximate surface area is 168 Å². The van der Waals surface area contributed by atoms with Gasteiger partial charge in [-0.2, -0.15) is 0 Å². The lowest BCUT2D eigenvalue weighted by molar-refractivity contribution is 0.596. The predicted octanol–water partition coefficient (Wildman–Crippen LogP) is 4.60. The molecule has 2 heterocycles. The summed E-state index contributed by atoms with van der Waals surface area (Å²) < 4.78 is 28.3. The minimum absolute atomic E-state index is 0.245. The van der Waals surface area contributed by atoms with Crippen LogP contribution in [0.25, 0.3) is 32.8 Å². The molecule has 29 heavy (non-hydrogen) atoms. The van der Waals surface area contributed by atoms with Crippen molar-refractivity contribution in [3.63, 3.8) is 0 Å². The van der Waals surface area contributed by atoms with E-state index in [1.807, 2.05) is 48.9 Å². The molecule has 5 rings (SSSR count). The molecule has 0 aliphatic heterocycles. The van der Waals surface area contributed by atoms with Crippen molar-refractivity contribution in [1.82, 2.24) is 9.55 Å². The van der Waals surface area contributed by atoms with Gasteiger partial charge in [0.2, 0.25) is 9.84 Å². The van der Waals surface area contributed by atoms with E-state index in [-0.39, 0.29) is 9.79 Å². The summed E-state index contributed by atoms with van der Waals surface area (Å²) in [5.41, 5.74) is 11.3. The maximum Gasteiger partial charge on any atom is 0.206 e. The maximum absolute atomic E-state index is 13.2. The lowest BCUT2D eigenvalue weighted by Crippen LogP contribution is -2.02. The van der Waals surface area contributed by atoms with Gasteiger partial charge >= 0.3 is 0 Å². The van der Waals surface area contributed by atoms with Gasteiger partial charge in [-0.25, -0.2) is 13.4 Å². The molecular weight excluding hydrogens is 382 g/mol. The Bertz CT molecular complexity index is 1530. The molecule has 0 unspecified atom stereocenters. The number of rotatable bonds is 2. The van der Waals surface area contributed by atoms with Gasteiger partial charge in [0, 0.05) is 17.8 Å². The Balaban J connectivity index is 1.83. The first-order chi connectivity index (χ1) is 13.9. The molecule has 2 aromatic heterocycles. The SMILES string of the molecule is Cc1ccc(S(=O)(=O)c2ccc3c(c2)c2nc4ccccc4c(N)c2n3C)cc1. The quantitative estimate of drug-likeness (QED) is 0.469. The highest BCUT2D eigenvalue weighted by atomic mass is 32.2. The van der Waals surface area contributed by atoms with Crippen LogP contribution in [0, 0.1) is 6.92 Å². The fourth-order valence-electron chi connectivity index (χ4n) is 3.89. The number of hydrogen-bond donors (Lipinski definition) is 1. The predicted molar refractivity (Wildman–Crippen MR) is 117 cm³/mol. The van der Waals surface area contributed by atoms with Crippen LogP contribution in [0.3, 0.4) is 0 Å². The minimum atomic E-state index is -3.63. The molecule has 0 saturated heterocycles. The molecule has 0 atom stereocenters. The molecule has 0 saturated carbocycles. The van der Waals surface area contributed by atoms with E-state index in [1.54, 1.807) is 36.4 Å². The third-order valence-corrected chi connectivity index (χ3v) is 7.23. The first kappa shape index (κ1) is 17.7. The van der Waals surface area contributed by atoms with Gasteiger partial charge in [0.1, 0.15) is 0 Å². The first-order valence-corrected chi connectivity index (χ1v) is 10.7. The number of anilines is 1. The topological polar surface area (TPSA) is 78.0 Å². The van der Waals surface area contributed by atoms with Crippen molar-refractivity contribution in [3.8, 4) is 0 Å². The Kier molecular flexibility index (Phi) is 3.70. The zero-order valence-corrected chi connectivity index (χ0v) is 16.9. The molecule has 144 valence electrons. The number of nitrogens with zero attached hydrogens (tertiary/aromatic N) is 2. The van der Waals surface area contributed by atoms with Gasteiger partial charge in [0.25, 0.3) is 0 Å². The van der Waals surface area contributed by atoms with Crippen molar-refractivity contribution in [2.45, 2.75) is 16.7 Å². The number of nitrogens with two attached hydrogens (primary N) is 1. The van der Waals surface area contributed by atoms with Crippen LogP contribution in [0.15, 0.2) is 76.5 Å². The number of aromatic nitrogens is 2. The number of nitrogen functional groups attached to an aromatic ring is 1. The number of pyridine rings is 1. The summed E-state index contributed by atoms with van der Waals surface area (Å²) in [5.74, 6) is 0. The van der Waals surface area contributed by atoms with Crippen LogP contribution < -0.4 is 5.73 Å². The summed E-state index contributed by atoms with van der Waals surface area (Å²) in [6.45, 7) is 1.93. The van der Waals surface area contributed by atoms with Gasteiger partial charge in [-0.3, -0.25) is 0 Å². The van der Waals surface area contributed by atoms with E-state index < -0.39 is 9.84 Å². The van der Waals surface area contributed by atoms with Crippen molar-refractivity contribution in [1.29, 1.82) is 0 Å².